The van der Waals surface area contributed by atoms with Crippen LogP contribution in [0.1, 0.15) is 49.2 Å². The highest BCUT2D eigenvalue weighted by atomic mass is 35.5. The molecule has 1 atom stereocenters. The third-order valence-corrected chi connectivity index (χ3v) is 7.48. The normalized spacial score (nSPS) is 17.7. The smallest absolute Gasteiger partial charge is 0.338 e. The van der Waals surface area contributed by atoms with Crippen molar-refractivity contribution in [3.05, 3.63) is 74.9 Å². The van der Waals surface area contributed by atoms with Gasteiger partial charge in [-0.15, -0.1) is 0 Å². The predicted octanol–water partition coefficient (Wildman–Crippen LogP) is 6.57. The lowest BCUT2D eigenvalue weighted by molar-refractivity contribution is -0.140. The van der Waals surface area contributed by atoms with Crippen molar-refractivity contribution in [2.24, 2.45) is 10.9 Å². The number of rotatable bonds is 6. The number of esters is 1. The van der Waals surface area contributed by atoms with Crippen LogP contribution in [0.4, 0.5) is 5.69 Å². The Morgan fingerprint density at radius 1 is 1.20 bits per heavy atom. The van der Waals surface area contributed by atoms with E-state index in [9.17, 15) is 9.59 Å². The van der Waals surface area contributed by atoms with Crippen molar-refractivity contribution in [1.29, 1.82) is 0 Å². The molecule has 2 aliphatic heterocycles. The Kier molecular flexibility index (Phi) is 8.09. The van der Waals surface area contributed by atoms with E-state index in [0.717, 1.165) is 29.4 Å². The zero-order valence-corrected chi connectivity index (χ0v) is 22.1. The van der Waals surface area contributed by atoms with Crippen LogP contribution in [0, 0.1) is 5.92 Å². The van der Waals surface area contributed by atoms with Crippen molar-refractivity contribution in [3.8, 4) is 0 Å². The van der Waals surface area contributed by atoms with E-state index in [4.69, 9.17) is 32.9 Å². The number of carbonyl (C=O) groups excluding carboxylic acids is 2. The lowest BCUT2D eigenvalue weighted by Gasteiger charge is -2.40. The van der Waals surface area contributed by atoms with Crippen LogP contribution in [-0.2, 0) is 9.53 Å². The molecule has 1 saturated heterocycles. The van der Waals surface area contributed by atoms with Gasteiger partial charge in [-0.2, -0.15) is 0 Å². The van der Waals surface area contributed by atoms with Crippen LogP contribution in [-0.4, -0.2) is 40.8 Å². The second kappa shape index (κ2) is 11.1. The lowest BCUT2D eigenvalue weighted by atomic mass is 9.94. The van der Waals surface area contributed by atoms with Crippen LogP contribution in [0.15, 0.2) is 58.7 Å². The second-order valence-corrected chi connectivity index (χ2v) is 10.8. The molecule has 0 aromatic heterocycles. The van der Waals surface area contributed by atoms with Crippen molar-refractivity contribution in [3.63, 3.8) is 0 Å². The van der Waals surface area contributed by atoms with Crippen molar-refractivity contribution < 1.29 is 14.3 Å². The van der Waals surface area contributed by atoms with Crippen LogP contribution >= 0.6 is 35.0 Å². The van der Waals surface area contributed by atoms with Gasteiger partial charge in [-0.1, -0.05) is 60.9 Å². The molecule has 2 heterocycles. The first-order chi connectivity index (χ1) is 16.7. The van der Waals surface area contributed by atoms with E-state index in [0.29, 0.717) is 39.2 Å². The molecule has 0 bridgehead atoms. The number of carbonyl (C=O) groups is 2. The third-order valence-electron chi connectivity index (χ3n) is 5.67. The number of hydrogen-bond acceptors (Lipinski definition) is 6. The highest BCUT2D eigenvalue weighted by molar-refractivity contribution is 8.13. The number of nitrogens with one attached hydrogen (secondary N) is 1. The molecule has 9 heteroatoms. The topological polar surface area (TPSA) is 71.0 Å². The molecular weight excluding hydrogens is 505 g/mol. The fourth-order valence-corrected chi connectivity index (χ4v) is 5.34. The van der Waals surface area contributed by atoms with Gasteiger partial charge >= 0.3 is 5.97 Å². The summed E-state index contributed by atoms with van der Waals surface area (Å²) in [6.45, 7) is 6.99. The number of anilines is 1. The van der Waals surface area contributed by atoms with Gasteiger partial charge in [-0.05, 0) is 55.2 Å². The molecule has 0 spiro atoms. The first-order valence-electron chi connectivity index (χ1n) is 11.5. The lowest BCUT2D eigenvalue weighted by Crippen LogP contribution is -2.42. The van der Waals surface area contributed by atoms with Crippen LogP contribution in [0.5, 0.6) is 0 Å². The van der Waals surface area contributed by atoms with Crippen molar-refractivity contribution >= 4 is 57.7 Å². The Morgan fingerprint density at radius 2 is 2.00 bits per heavy atom. The van der Waals surface area contributed by atoms with Gasteiger partial charge in [0.05, 0.1) is 34.0 Å². The van der Waals surface area contributed by atoms with Gasteiger partial charge in [0.1, 0.15) is 0 Å². The molecule has 1 amide bonds. The van der Waals surface area contributed by atoms with Gasteiger partial charge in [0.25, 0.3) is 5.91 Å². The number of ether oxygens (including phenoxy) is 1. The van der Waals surface area contributed by atoms with Crippen LogP contribution in [0.25, 0.3) is 0 Å². The van der Waals surface area contributed by atoms with E-state index in [1.165, 1.54) is 6.07 Å². The molecule has 2 aromatic rings. The number of allylic oxidation sites excluding steroid dienone is 1. The third kappa shape index (κ3) is 5.85. The monoisotopic (exact) mass is 531 g/mol. The summed E-state index contributed by atoms with van der Waals surface area (Å²) in [6.07, 6.45) is 0.987. The molecule has 2 aromatic carbocycles. The number of fused-ring (bicyclic) bond motifs is 1. The number of amides is 1. The number of nitrogens with zero attached hydrogens (tertiary/aromatic N) is 2. The number of benzene rings is 2. The molecule has 1 fully saturated rings. The summed E-state index contributed by atoms with van der Waals surface area (Å²) in [4.78, 5) is 32.9. The minimum atomic E-state index is -0.357. The maximum Gasteiger partial charge on any atom is 0.338 e. The summed E-state index contributed by atoms with van der Waals surface area (Å²) in [6, 6.07) is 11.9. The predicted molar refractivity (Wildman–Crippen MR) is 143 cm³/mol. The minimum Gasteiger partial charge on any atom is -0.462 e. The van der Waals surface area contributed by atoms with Gasteiger partial charge in [-0.25, -0.2) is 9.79 Å². The summed E-state index contributed by atoms with van der Waals surface area (Å²) in [5, 5.41) is 4.53. The Bertz CT molecular complexity index is 1210. The number of thioether (sulfide) groups is 1. The number of aliphatic imine (C=N–C) groups is 1. The zero-order valence-electron chi connectivity index (χ0n) is 19.8. The van der Waals surface area contributed by atoms with E-state index in [-0.39, 0.29) is 23.8 Å². The first kappa shape index (κ1) is 25.6. The maximum absolute atomic E-state index is 13.2. The standard InChI is InChI=1S/C26H27Cl2N3O3S/c1-15(2)14-34-25(33)22-16(3)29-26-31(10-5-11-35-26)23(22)17-6-4-7-19(12-17)30-24(32)18-8-9-20(27)21(28)13-18/h4,6-9,12-13,15,23H,5,10-11,14H2,1-3H3,(H,30,32). The fraction of sp³-hybridized carbons (Fsp3) is 0.346. The molecule has 6 nitrogen and oxygen atoms in total. The van der Waals surface area contributed by atoms with Gasteiger partial charge in [-0.3, -0.25) is 4.79 Å². The van der Waals surface area contributed by atoms with E-state index in [1.807, 2.05) is 45.0 Å². The largest absolute Gasteiger partial charge is 0.462 e. The average molecular weight is 532 g/mol. The molecule has 35 heavy (non-hydrogen) atoms. The molecule has 4 rings (SSSR count). The van der Waals surface area contributed by atoms with Crippen LogP contribution in [0.3, 0.4) is 0 Å². The number of hydrogen-bond donors (Lipinski definition) is 1. The average Bonchev–Trinajstić information content (AvgIpc) is 2.83. The molecule has 0 saturated carbocycles. The molecule has 1 N–H and O–H groups in total. The van der Waals surface area contributed by atoms with Gasteiger partial charge in [0, 0.05) is 23.5 Å². The zero-order chi connectivity index (χ0) is 25.1. The minimum absolute atomic E-state index is 0.228. The van der Waals surface area contributed by atoms with E-state index in [1.54, 1.807) is 23.9 Å². The molecule has 2 aliphatic rings. The quantitative estimate of drug-likeness (QED) is 0.426. The second-order valence-electron chi connectivity index (χ2n) is 8.89. The van der Waals surface area contributed by atoms with E-state index in [2.05, 4.69) is 10.2 Å². The Hall–Kier alpha value is -2.48. The Labute approximate surface area is 219 Å². The van der Waals surface area contributed by atoms with Crippen molar-refractivity contribution in [1.82, 2.24) is 4.90 Å². The van der Waals surface area contributed by atoms with Crippen molar-refractivity contribution in [2.75, 3.05) is 24.2 Å². The van der Waals surface area contributed by atoms with Gasteiger partial charge in [0.15, 0.2) is 5.17 Å². The summed E-state index contributed by atoms with van der Waals surface area (Å²) < 4.78 is 5.63. The fourth-order valence-electron chi connectivity index (χ4n) is 4.02. The SMILES string of the molecule is CC1=C(C(=O)OCC(C)C)C(c2cccc(NC(=O)c3ccc(Cl)c(Cl)c3)c2)N2CCCSC2=N1. The molecule has 0 radical (unpaired) electrons. The summed E-state index contributed by atoms with van der Waals surface area (Å²) >= 11 is 13.7. The summed E-state index contributed by atoms with van der Waals surface area (Å²) in [7, 11) is 0. The molecule has 1 unspecified atom stereocenters. The Balaban J connectivity index is 1.66. The number of halogens is 2. The maximum atomic E-state index is 13.2. The highest BCUT2D eigenvalue weighted by Gasteiger charge is 2.38. The highest BCUT2D eigenvalue weighted by Crippen LogP contribution is 2.40. The molecule has 0 aliphatic carbocycles. The van der Waals surface area contributed by atoms with Crippen molar-refractivity contribution in [2.45, 2.75) is 33.2 Å². The van der Waals surface area contributed by atoms with E-state index < -0.39 is 0 Å². The first-order valence-corrected chi connectivity index (χ1v) is 13.2. The van der Waals surface area contributed by atoms with Gasteiger partial charge < -0.3 is 15.0 Å². The van der Waals surface area contributed by atoms with Gasteiger partial charge in [0.2, 0.25) is 0 Å². The van der Waals surface area contributed by atoms with E-state index >= 15 is 0 Å². The Morgan fingerprint density at radius 3 is 2.74 bits per heavy atom. The summed E-state index contributed by atoms with van der Waals surface area (Å²) in [5.41, 5.74) is 3.08. The van der Waals surface area contributed by atoms with Crippen LogP contribution < -0.4 is 5.32 Å². The molecule has 184 valence electrons. The van der Waals surface area contributed by atoms with Crippen LogP contribution in [0.2, 0.25) is 10.0 Å². The molecular formula is C26H27Cl2N3O3S. The summed E-state index contributed by atoms with van der Waals surface area (Å²) in [5.74, 6) is 0.557. The number of amidine groups is 1.